The molecule has 0 spiro atoms. The third kappa shape index (κ3) is 8.03. The van der Waals surface area contributed by atoms with Crippen molar-refractivity contribution in [1.29, 1.82) is 0 Å². The van der Waals surface area contributed by atoms with E-state index in [0.717, 1.165) is 76.1 Å². The number of primary amides is 1. The van der Waals surface area contributed by atoms with Gasteiger partial charge in [-0.1, -0.05) is 12.1 Å². The number of hydrogen-bond donors (Lipinski definition) is 5. The number of carbonyl (C=O) groups excluding carboxylic acids is 3. The van der Waals surface area contributed by atoms with Gasteiger partial charge in [-0.05, 0) is 113 Å². The molecule has 12 nitrogen and oxygen atoms in total. The minimum atomic E-state index is -0.548. The highest BCUT2D eigenvalue weighted by atomic mass is 16.3. The van der Waals surface area contributed by atoms with Crippen LogP contribution in [0.3, 0.4) is 0 Å². The van der Waals surface area contributed by atoms with Crippen molar-refractivity contribution in [2.24, 2.45) is 5.73 Å². The standard InChI is InChI=1S/C40H52N8O4/c1-25(26-3-9-31(10-4-26)47-19-17-46(2)18-20-47)43-40(52)28-6-16-37(42-24-28)48-32-11-12-33(48)23-30(22-32)45-39(51)27-5-15-35(38(41)50)36(21-27)44-29-7-13-34(49)14-8-29/h3-6,9-10,15-16,21,24-25,29-30,32-34,44,49H,7-8,11-14,17-20,22-23H2,1-2H3,(H2,41,50)(H,43,52)(H,45,51)/t25-,29?,30?,32-,33+,34?/m0/s1. The summed E-state index contributed by atoms with van der Waals surface area (Å²) in [5.74, 6) is -0.0219. The summed E-state index contributed by atoms with van der Waals surface area (Å²) in [5, 5.41) is 19.7. The Morgan fingerprint density at radius 2 is 1.50 bits per heavy atom. The van der Waals surface area contributed by atoms with Crippen LogP contribution in [0, 0.1) is 0 Å². The first-order valence-electron chi connectivity index (χ1n) is 18.9. The summed E-state index contributed by atoms with van der Waals surface area (Å²) < 4.78 is 0. The van der Waals surface area contributed by atoms with Gasteiger partial charge in [-0.3, -0.25) is 14.4 Å². The molecule has 4 heterocycles. The molecule has 2 aromatic carbocycles. The molecule has 1 unspecified atom stereocenters. The molecule has 1 saturated carbocycles. The molecule has 52 heavy (non-hydrogen) atoms. The zero-order valence-electron chi connectivity index (χ0n) is 30.3. The number of rotatable bonds is 10. The number of pyridine rings is 1. The van der Waals surface area contributed by atoms with Crippen molar-refractivity contribution in [2.45, 2.75) is 94.6 Å². The highest BCUT2D eigenvalue weighted by Gasteiger charge is 2.42. The molecule has 4 atom stereocenters. The number of nitrogens with one attached hydrogen (secondary N) is 3. The number of nitrogens with zero attached hydrogens (tertiary/aromatic N) is 4. The lowest BCUT2D eigenvalue weighted by molar-refractivity contribution is 0.0922. The molecule has 3 saturated heterocycles. The van der Waals surface area contributed by atoms with E-state index in [4.69, 9.17) is 10.7 Å². The Bertz CT molecular complexity index is 1720. The third-order valence-corrected chi connectivity index (χ3v) is 11.6. The second-order valence-corrected chi connectivity index (χ2v) is 15.2. The molecule has 2 bridgehead atoms. The van der Waals surface area contributed by atoms with E-state index >= 15 is 0 Å². The SMILES string of the molecule is C[C@H](NC(=O)c1ccc(N2[C@@H]3CC[C@H]2CC(NC(=O)c2ccc(C(N)=O)c(NC4CCC(O)CC4)c2)C3)nc1)c1ccc(N2CCN(C)CC2)cc1. The fourth-order valence-electron chi connectivity index (χ4n) is 8.47. The van der Waals surface area contributed by atoms with Crippen LogP contribution < -0.4 is 31.5 Å². The fraction of sp³-hybridized carbons (Fsp3) is 0.500. The number of aromatic nitrogens is 1. The second-order valence-electron chi connectivity index (χ2n) is 15.2. The summed E-state index contributed by atoms with van der Waals surface area (Å²) in [7, 11) is 2.15. The van der Waals surface area contributed by atoms with Crippen LogP contribution in [-0.4, -0.2) is 96.2 Å². The summed E-state index contributed by atoms with van der Waals surface area (Å²) in [4.78, 5) is 50.7. The average Bonchev–Trinajstić information content (AvgIpc) is 3.42. The Hall–Kier alpha value is -4.68. The lowest BCUT2D eigenvalue weighted by atomic mass is 9.92. The number of aliphatic hydroxyl groups is 1. The third-order valence-electron chi connectivity index (χ3n) is 11.6. The molecule has 1 aromatic heterocycles. The van der Waals surface area contributed by atoms with E-state index in [0.29, 0.717) is 35.2 Å². The first-order valence-corrected chi connectivity index (χ1v) is 18.9. The van der Waals surface area contributed by atoms with Crippen LogP contribution in [0.2, 0.25) is 0 Å². The van der Waals surface area contributed by atoms with Gasteiger partial charge in [0.25, 0.3) is 17.7 Å². The van der Waals surface area contributed by atoms with E-state index in [9.17, 15) is 19.5 Å². The van der Waals surface area contributed by atoms with Crippen LogP contribution in [0.15, 0.2) is 60.8 Å². The Morgan fingerprint density at radius 1 is 0.827 bits per heavy atom. The maximum Gasteiger partial charge on any atom is 0.253 e. The summed E-state index contributed by atoms with van der Waals surface area (Å²) in [6.07, 6.45) is 7.98. The van der Waals surface area contributed by atoms with E-state index in [2.05, 4.69) is 62.0 Å². The molecule has 0 radical (unpaired) electrons. The van der Waals surface area contributed by atoms with Gasteiger partial charge in [0, 0.05) is 73.5 Å². The lowest BCUT2D eigenvalue weighted by Gasteiger charge is -2.40. The number of nitrogens with two attached hydrogens (primary N) is 1. The summed E-state index contributed by atoms with van der Waals surface area (Å²) >= 11 is 0. The van der Waals surface area contributed by atoms with Crippen LogP contribution >= 0.6 is 0 Å². The van der Waals surface area contributed by atoms with Crippen LogP contribution in [0.5, 0.6) is 0 Å². The lowest BCUT2D eigenvalue weighted by Crippen LogP contribution is -2.50. The number of carbonyl (C=O) groups is 3. The fourth-order valence-corrected chi connectivity index (χ4v) is 8.47. The monoisotopic (exact) mass is 708 g/mol. The number of likely N-dealkylation sites (N-methyl/N-ethyl adjacent to an activating group) is 1. The van der Waals surface area contributed by atoms with Crippen molar-refractivity contribution in [3.05, 3.63) is 83.0 Å². The van der Waals surface area contributed by atoms with Crippen molar-refractivity contribution >= 4 is 34.9 Å². The van der Waals surface area contributed by atoms with Gasteiger partial charge in [0.05, 0.1) is 23.3 Å². The van der Waals surface area contributed by atoms with Gasteiger partial charge in [0.2, 0.25) is 0 Å². The molecular weight excluding hydrogens is 656 g/mol. The summed E-state index contributed by atoms with van der Waals surface area (Å²) in [5.41, 5.74) is 9.84. The Balaban J connectivity index is 0.930. The Morgan fingerprint density at radius 3 is 2.13 bits per heavy atom. The molecule has 1 aliphatic carbocycles. The van der Waals surface area contributed by atoms with E-state index < -0.39 is 5.91 Å². The molecule has 3 amide bonds. The number of benzene rings is 2. The molecule has 12 heteroatoms. The molecule has 276 valence electrons. The topological polar surface area (TPSA) is 156 Å². The minimum absolute atomic E-state index is 0.00969. The van der Waals surface area contributed by atoms with Gasteiger partial charge in [-0.25, -0.2) is 4.98 Å². The smallest absolute Gasteiger partial charge is 0.253 e. The maximum absolute atomic E-state index is 13.5. The minimum Gasteiger partial charge on any atom is -0.393 e. The zero-order chi connectivity index (χ0) is 36.4. The van der Waals surface area contributed by atoms with Gasteiger partial charge in [-0.15, -0.1) is 0 Å². The van der Waals surface area contributed by atoms with Crippen LogP contribution in [0.4, 0.5) is 17.2 Å². The first kappa shape index (κ1) is 35.7. The summed E-state index contributed by atoms with van der Waals surface area (Å²) in [6, 6.07) is 17.7. The second kappa shape index (κ2) is 15.5. The number of aliphatic hydroxyl groups excluding tert-OH is 1. The molecule has 3 aromatic rings. The van der Waals surface area contributed by atoms with Crippen molar-refractivity contribution in [3.63, 3.8) is 0 Å². The highest BCUT2D eigenvalue weighted by Crippen LogP contribution is 2.39. The number of hydrogen-bond acceptors (Lipinski definition) is 9. The zero-order valence-corrected chi connectivity index (χ0v) is 30.3. The number of piperazine rings is 1. The Kier molecular flexibility index (Phi) is 10.7. The van der Waals surface area contributed by atoms with Crippen molar-refractivity contribution in [1.82, 2.24) is 20.5 Å². The van der Waals surface area contributed by atoms with E-state index in [1.165, 1.54) is 5.69 Å². The number of anilines is 3. The van der Waals surface area contributed by atoms with Crippen molar-refractivity contribution in [2.75, 3.05) is 48.3 Å². The number of fused-ring (bicyclic) bond motifs is 2. The normalized spacial score (nSPS) is 25.3. The Labute approximate surface area is 306 Å². The van der Waals surface area contributed by atoms with Gasteiger partial charge in [0.1, 0.15) is 5.82 Å². The molecule has 3 aliphatic heterocycles. The number of amides is 3. The van der Waals surface area contributed by atoms with Gasteiger partial charge in [0.15, 0.2) is 0 Å². The van der Waals surface area contributed by atoms with Crippen LogP contribution in [0.25, 0.3) is 0 Å². The van der Waals surface area contributed by atoms with Crippen LogP contribution in [-0.2, 0) is 0 Å². The predicted molar refractivity (Wildman–Crippen MR) is 203 cm³/mol. The molecule has 7 rings (SSSR count). The number of piperidine rings is 1. The quantitative estimate of drug-likeness (QED) is 0.210. The van der Waals surface area contributed by atoms with Crippen molar-refractivity contribution in [3.8, 4) is 0 Å². The average molecular weight is 709 g/mol. The first-order chi connectivity index (χ1) is 25.1. The van der Waals surface area contributed by atoms with Crippen LogP contribution in [0.1, 0.15) is 101 Å². The highest BCUT2D eigenvalue weighted by molar-refractivity contribution is 6.02. The predicted octanol–water partition coefficient (Wildman–Crippen LogP) is 4.07. The molecule has 6 N–H and O–H groups in total. The van der Waals surface area contributed by atoms with Gasteiger partial charge >= 0.3 is 0 Å². The van der Waals surface area contributed by atoms with Crippen molar-refractivity contribution < 1.29 is 19.5 Å². The van der Waals surface area contributed by atoms with Gasteiger partial charge < -0.3 is 41.5 Å². The van der Waals surface area contributed by atoms with E-state index in [1.807, 2.05) is 19.1 Å². The molecular formula is C40H52N8O4. The van der Waals surface area contributed by atoms with E-state index in [1.54, 1.807) is 24.4 Å². The maximum atomic E-state index is 13.5. The van der Waals surface area contributed by atoms with E-state index in [-0.39, 0.29) is 48.1 Å². The van der Waals surface area contributed by atoms with Gasteiger partial charge in [-0.2, -0.15) is 0 Å². The summed E-state index contributed by atoms with van der Waals surface area (Å²) in [6.45, 7) is 6.16. The molecule has 4 fully saturated rings. The molecule has 4 aliphatic rings. The largest absolute Gasteiger partial charge is 0.393 e.